The third kappa shape index (κ3) is 2.09. The molecule has 0 aliphatic carbocycles. The maximum absolute atomic E-state index is 15.1. The van der Waals surface area contributed by atoms with Crippen LogP contribution in [0, 0.1) is 12.9 Å². The molecule has 3 rings (SSSR count). The smallest absolute Gasteiger partial charge is 0.266 e. The van der Waals surface area contributed by atoms with Gasteiger partial charge in [-0.15, -0.1) is 0 Å². The lowest BCUT2D eigenvalue weighted by Crippen LogP contribution is -2.25. The van der Waals surface area contributed by atoms with E-state index < -0.39 is 11.5 Å². The van der Waals surface area contributed by atoms with Gasteiger partial charge < -0.3 is 0 Å². The summed E-state index contributed by atoms with van der Waals surface area (Å²) in [5, 5.41) is 1.15. The van der Waals surface area contributed by atoms with E-state index >= 15 is 4.39 Å². The van der Waals surface area contributed by atoms with Gasteiger partial charge in [0.1, 0.15) is 12.1 Å². The Morgan fingerprint density at radius 3 is 2.50 bits per heavy atom. The lowest BCUT2D eigenvalue weighted by atomic mass is 9.98. The van der Waals surface area contributed by atoms with Gasteiger partial charge in [-0.1, -0.05) is 32.0 Å². The minimum Gasteiger partial charge on any atom is -0.268 e. The molecule has 0 bridgehead atoms. The van der Waals surface area contributed by atoms with E-state index in [0.717, 1.165) is 4.57 Å². The van der Waals surface area contributed by atoms with Crippen LogP contribution in [0.15, 0.2) is 41.6 Å². The zero-order valence-electron chi connectivity index (χ0n) is 12.7. The molecule has 3 aromatic rings. The molecule has 0 saturated heterocycles. The van der Waals surface area contributed by atoms with Crippen molar-refractivity contribution in [3.05, 3.63) is 64.2 Å². The Bertz CT molecular complexity index is 915. The Hall–Kier alpha value is -2.56. The van der Waals surface area contributed by atoms with Gasteiger partial charge in [-0.2, -0.15) is 4.39 Å². The Balaban J connectivity index is 2.52. The highest BCUT2D eigenvalue weighted by Crippen LogP contribution is 2.27. The highest BCUT2D eigenvalue weighted by molar-refractivity contribution is 5.85. The Labute approximate surface area is 127 Å². The van der Waals surface area contributed by atoms with Crippen LogP contribution in [0.5, 0.6) is 0 Å². The van der Waals surface area contributed by atoms with Crippen molar-refractivity contribution in [1.29, 1.82) is 0 Å². The van der Waals surface area contributed by atoms with Crippen molar-refractivity contribution in [2.45, 2.75) is 26.7 Å². The maximum atomic E-state index is 15.1. The van der Waals surface area contributed by atoms with Gasteiger partial charge in [-0.3, -0.25) is 4.79 Å². The van der Waals surface area contributed by atoms with Crippen LogP contribution in [-0.4, -0.2) is 14.5 Å². The summed E-state index contributed by atoms with van der Waals surface area (Å²) in [6, 6.07) is 7.10. The summed E-state index contributed by atoms with van der Waals surface area (Å²) in [4.78, 5) is 20.7. The molecule has 1 aromatic carbocycles. The molecule has 4 nitrogen and oxygen atoms in total. The Morgan fingerprint density at radius 1 is 1.18 bits per heavy atom. The number of pyridine rings is 1. The quantitative estimate of drug-likeness (QED) is 0.681. The third-order valence-corrected chi connectivity index (χ3v) is 3.73. The molecule has 0 fully saturated rings. The molecule has 0 aliphatic heterocycles. The van der Waals surface area contributed by atoms with Crippen molar-refractivity contribution in [3.8, 4) is 5.82 Å². The summed E-state index contributed by atoms with van der Waals surface area (Å²) in [6.45, 7) is 5.57. The second-order valence-electron chi connectivity index (χ2n) is 5.57. The molecule has 112 valence electrons. The number of hydrogen-bond acceptors (Lipinski definition) is 3. The summed E-state index contributed by atoms with van der Waals surface area (Å²) < 4.78 is 16.1. The van der Waals surface area contributed by atoms with E-state index in [2.05, 4.69) is 9.97 Å². The van der Waals surface area contributed by atoms with Crippen LogP contribution >= 0.6 is 0 Å². The fourth-order valence-corrected chi connectivity index (χ4v) is 2.71. The zero-order valence-corrected chi connectivity index (χ0v) is 12.7. The highest BCUT2D eigenvalue weighted by atomic mass is 19.1. The minimum atomic E-state index is -0.555. The van der Waals surface area contributed by atoms with E-state index in [0.29, 0.717) is 21.9 Å². The first-order valence-corrected chi connectivity index (χ1v) is 7.12. The molecule has 22 heavy (non-hydrogen) atoms. The Morgan fingerprint density at radius 2 is 1.86 bits per heavy atom. The zero-order chi connectivity index (χ0) is 15.9. The average molecular weight is 297 g/mol. The first-order chi connectivity index (χ1) is 10.5. The molecular weight excluding hydrogens is 281 g/mol. The van der Waals surface area contributed by atoms with Gasteiger partial charge in [0.2, 0.25) is 5.95 Å². The number of halogens is 1. The van der Waals surface area contributed by atoms with Crippen molar-refractivity contribution < 1.29 is 4.39 Å². The lowest BCUT2D eigenvalue weighted by Gasteiger charge is -2.17. The predicted octanol–water partition coefficient (Wildman–Crippen LogP) is 3.35. The van der Waals surface area contributed by atoms with E-state index in [9.17, 15) is 4.79 Å². The molecule has 0 radical (unpaired) electrons. The first-order valence-electron chi connectivity index (χ1n) is 7.12. The van der Waals surface area contributed by atoms with Gasteiger partial charge in [0.05, 0.1) is 0 Å². The molecule has 0 unspecified atom stereocenters. The van der Waals surface area contributed by atoms with Gasteiger partial charge in [-0.25, -0.2) is 14.5 Å². The molecule has 0 amide bonds. The molecule has 2 heterocycles. The van der Waals surface area contributed by atoms with Crippen LogP contribution in [0.25, 0.3) is 16.6 Å². The highest BCUT2D eigenvalue weighted by Gasteiger charge is 2.21. The van der Waals surface area contributed by atoms with Crippen molar-refractivity contribution in [2.24, 2.45) is 0 Å². The van der Waals surface area contributed by atoms with E-state index in [1.165, 1.54) is 6.33 Å². The van der Waals surface area contributed by atoms with Crippen LogP contribution in [0.2, 0.25) is 0 Å². The first kappa shape index (κ1) is 14.4. The summed E-state index contributed by atoms with van der Waals surface area (Å²) in [5.74, 6) is -0.329. The van der Waals surface area contributed by atoms with Gasteiger partial charge >= 0.3 is 0 Å². The van der Waals surface area contributed by atoms with Crippen LogP contribution < -0.4 is 5.56 Å². The molecule has 5 heteroatoms. The van der Waals surface area contributed by atoms with Crippen molar-refractivity contribution in [1.82, 2.24) is 14.5 Å². The van der Waals surface area contributed by atoms with Gasteiger partial charge in [0.15, 0.2) is 0 Å². The topological polar surface area (TPSA) is 47.8 Å². The monoisotopic (exact) mass is 297 g/mol. The second kappa shape index (κ2) is 5.33. The molecule has 0 aliphatic rings. The number of rotatable bonds is 2. The van der Waals surface area contributed by atoms with E-state index in [1.807, 2.05) is 19.9 Å². The second-order valence-corrected chi connectivity index (χ2v) is 5.57. The molecule has 0 N–H and O–H groups in total. The maximum Gasteiger partial charge on any atom is 0.266 e. The van der Waals surface area contributed by atoms with Gasteiger partial charge in [-0.05, 0) is 24.3 Å². The number of hydrogen-bond donors (Lipinski definition) is 0. The summed E-state index contributed by atoms with van der Waals surface area (Å²) in [6.07, 6.45) is 2.89. The predicted molar refractivity (Wildman–Crippen MR) is 83.9 cm³/mol. The van der Waals surface area contributed by atoms with Crippen molar-refractivity contribution >= 4 is 10.8 Å². The number of nitrogens with zero attached hydrogens (tertiary/aromatic N) is 3. The standard InChI is InChI=1S/C17H16FN3O/c1-10(2)14-12-6-4-5-7-13(12)17(22)21(15(14)18)16-11(3)8-19-9-20-16/h4-10H,1-3H3. The minimum absolute atomic E-state index is 0.0566. The van der Waals surface area contributed by atoms with Crippen molar-refractivity contribution in [2.75, 3.05) is 0 Å². The molecule has 0 atom stereocenters. The third-order valence-electron chi connectivity index (χ3n) is 3.73. The number of aromatic nitrogens is 3. The SMILES string of the molecule is Cc1cncnc1-n1c(F)c(C(C)C)c2ccccc2c1=O. The number of benzene rings is 1. The molecular formula is C17H16FN3O. The normalized spacial score (nSPS) is 11.3. The molecule has 0 saturated carbocycles. The number of aryl methyl sites for hydroxylation is 1. The average Bonchev–Trinajstić information content (AvgIpc) is 2.49. The molecule has 2 aromatic heterocycles. The summed E-state index contributed by atoms with van der Waals surface area (Å²) in [7, 11) is 0. The molecule has 0 spiro atoms. The lowest BCUT2D eigenvalue weighted by molar-refractivity contribution is 0.520. The van der Waals surface area contributed by atoms with E-state index in [1.54, 1.807) is 31.3 Å². The van der Waals surface area contributed by atoms with Crippen LogP contribution in [-0.2, 0) is 0 Å². The van der Waals surface area contributed by atoms with Gasteiger partial charge in [0, 0.05) is 22.7 Å². The van der Waals surface area contributed by atoms with Crippen LogP contribution in [0.1, 0.15) is 30.9 Å². The Kier molecular flexibility index (Phi) is 3.48. The van der Waals surface area contributed by atoms with E-state index in [4.69, 9.17) is 0 Å². The summed E-state index contributed by atoms with van der Waals surface area (Å²) in [5.41, 5.74) is 0.765. The van der Waals surface area contributed by atoms with Crippen LogP contribution in [0.3, 0.4) is 0 Å². The van der Waals surface area contributed by atoms with E-state index in [-0.39, 0.29) is 11.7 Å². The summed E-state index contributed by atoms with van der Waals surface area (Å²) >= 11 is 0. The van der Waals surface area contributed by atoms with Gasteiger partial charge in [0.25, 0.3) is 5.56 Å². The largest absolute Gasteiger partial charge is 0.268 e. The fraction of sp³-hybridized carbons (Fsp3) is 0.235. The fourth-order valence-electron chi connectivity index (χ4n) is 2.71. The number of fused-ring (bicyclic) bond motifs is 1. The van der Waals surface area contributed by atoms with Crippen LogP contribution in [0.4, 0.5) is 4.39 Å². The van der Waals surface area contributed by atoms with Crippen molar-refractivity contribution in [3.63, 3.8) is 0 Å².